The van der Waals surface area contributed by atoms with Crippen LogP contribution in [0.4, 0.5) is 5.69 Å². The highest BCUT2D eigenvalue weighted by atomic mass is 32.2. The summed E-state index contributed by atoms with van der Waals surface area (Å²) in [6.07, 6.45) is 1.67. The number of para-hydroxylation sites is 1. The van der Waals surface area contributed by atoms with E-state index in [2.05, 4.69) is 0 Å². The first-order chi connectivity index (χ1) is 13.3. The first-order valence-corrected chi connectivity index (χ1v) is 9.98. The molecule has 1 aromatic rings. The lowest BCUT2D eigenvalue weighted by atomic mass is 10.1. The minimum absolute atomic E-state index is 0.0638. The minimum Gasteiger partial charge on any atom is -0.480 e. The first-order valence-electron chi connectivity index (χ1n) is 8.76. The number of carboxylic acids is 1. The smallest absolute Gasteiger partial charge is 0.326 e. The molecule has 1 fully saturated rings. The molecule has 2 aliphatic heterocycles. The van der Waals surface area contributed by atoms with E-state index in [-0.39, 0.29) is 21.2 Å². The quantitative estimate of drug-likeness (QED) is 0.580. The van der Waals surface area contributed by atoms with Crippen molar-refractivity contribution in [2.75, 3.05) is 4.90 Å². The van der Waals surface area contributed by atoms with Gasteiger partial charge in [-0.3, -0.25) is 19.3 Å². The third kappa shape index (κ3) is 3.24. The molecule has 0 bridgehead atoms. The second-order valence-corrected chi connectivity index (χ2v) is 8.06. The molecule has 3 amide bonds. The molecule has 28 heavy (non-hydrogen) atoms. The van der Waals surface area contributed by atoms with Crippen molar-refractivity contribution >= 4 is 63.3 Å². The molecule has 2 aliphatic rings. The summed E-state index contributed by atoms with van der Waals surface area (Å²) >= 11 is 6.18. The summed E-state index contributed by atoms with van der Waals surface area (Å²) in [6, 6.07) is 5.60. The van der Waals surface area contributed by atoms with Gasteiger partial charge in [-0.25, -0.2) is 9.69 Å². The van der Waals surface area contributed by atoms with Gasteiger partial charge >= 0.3 is 5.97 Å². The Morgan fingerprint density at radius 3 is 2.50 bits per heavy atom. The van der Waals surface area contributed by atoms with Crippen LogP contribution in [-0.4, -0.2) is 44.1 Å². The van der Waals surface area contributed by atoms with Gasteiger partial charge in [0.05, 0.1) is 16.2 Å². The van der Waals surface area contributed by atoms with Gasteiger partial charge in [0.2, 0.25) is 5.91 Å². The van der Waals surface area contributed by atoms with Gasteiger partial charge in [-0.05, 0) is 12.5 Å². The second-order valence-electron chi connectivity index (χ2n) is 6.42. The number of nitrogens with zero attached hydrogens (tertiary/aromatic N) is 2. The highest BCUT2D eigenvalue weighted by Gasteiger charge is 2.46. The van der Waals surface area contributed by atoms with Gasteiger partial charge in [0.1, 0.15) is 10.4 Å². The number of thioether (sulfide) groups is 1. The zero-order valence-corrected chi connectivity index (χ0v) is 16.9. The predicted molar refractivity (Wildman–Crippen MR) is 110 cm³/mol. The molecule has 0 aromatic heterocycles. The largest absolute Gasteiger partial charge is 0.480 e. The van der Waals surface area contributed by atoms with Gasteiger partial charge in [-0.15, -0.1) is 0 Å². The van der Waals surface area contributed by atoms with Crippen molar-refractivity contribution in [3.05, 3.63) is 34.7 Å². The third-order valence-electron chi connectivity index (χ3n) is 4.60. The molecule has 146 valence electrons. The highest BCUT2D eigenvalue weighted by molar-refractivity contribution is 8.26. The number of fused-ring (bicyclic) bond motifs is 1. The van der Waals surface area contributed by atoms with Crippen molar-refractivity contribution in [3.63, 3.8) is 0 Å². The normalized spacial score (nSPS) is 20.0. The summed E-state index contributed by atoms with van der Waals surface area (Å²) in [7, 11) is 0. The van der Waals surface area contributed by atoms with E-state index < -0.39 is 29.7 Å². The molecule has 7 nitrogen and oxygen atoms in total. The number of hydrogen-bond acceptors (Lipinski definition) is 6. The number of hydrogen-bond donors (Lipinski definition) is 1. The number of thiocarbonyl (C=S) groups is 1. The molecular weight excluding hydrogens is 400 g/mol. The average molecular weight is 418 g/mol. The minimum atomic E-state index is -1.14. The van der Waals surface area contributed by atoms with Gasteiger partial charge in [0.15, 0.2) is 0 Å². The lowest BCUT2D eigenvalue weighted by Gasteiger charge is -2.22. The maximum Gasteiger partial charge on any atom is 0.326 e. The van der Waals surface area contributed by atoms with E-state index in [1.54, 1.807) is 24.3 Å². The number of amides is 3. The van der Waals surface area contributed by atoms with E-state index >= 15 is 0 Å². The number of aliphatic carboxylic acids is 1. The Bertz CT molecular complexity index is 940. The lowest BCUT2D eigenvalue weighted by Crippen LogP contribution is -2.44. The molecule has 2 heterocycles. The maximum atomic E-state index is 13.1. The number of imide groups is 1. The monoisotopic (exact) mass is 418 g/mol. The number of benzene rings is 1. The SMILES string of the molecule is CCCC[C@H](C(=O)O)N1C(=O)/C(=C2/C(=O)N(C(C)=O)c3ccccc32)SC1=S. The van der Waals surface area contributed by atoms with Crippen molar-refractivity contribution in [2.45, 2.75) is 39.2 Å². The van der Waals surface area contributed by atoms with Crippen LogP contribution in [-0.2, 0) is 19.2 Å². The van der Waals surface area contributed by atoms with E-state index in [0.29, 0.717) is 17.7 Å². The number of carbonyl (C=O) groups is 4. The molecule has 0 radical (unpaired) electrons. The van der Waals surface area contributed by atoms with Crippen LogP contribution in [0.15, 0.2) is 29.2 Å². The van der Waals surface area contributed by atoms with E-state index in [4.69, 9.17) is 12.2 Å². The average Bonchev–Trinajstić information content (AvgIpc) is 3.08. The predicted octanol–water partition coefficient (Wildman–Crippen LogP) is 2.79. The fourth-order valence-corrected chi connectivity index (χ4v) is 4.74. The molecule has 1 atom stereocenters. The fraction of sp³-hybridized carbons (Fsp3) is 0.316. The van der Waals surface area contributed by atoms with Crippen LogP contribution in [0.3, 0.4) is 0 Å². The van der Waals surface area contributed by atoms with Crippen LogP contribution in [0.5, 0.6) is 0 Å². The standard InChI is InChI=1S/C19H18N2O5S2/c1-3-4-8-13(18(25)26)21-17(24)15(28-19(21)27)14-11-7-5-6-9-12(11)20(10(2)22)16(14)23/h5-7,9,13H,3-4,8H2,1-2H3,(H,25,26)/b15-14-/t13-/m1/s1. The second kappa shape index (κ2) is 7.84. The Balaban J connectivity index is 2.09. The summed E-state index contributed by atoms with van der Waals surface area (Å²) in [4.78, 5) is 51.9. The Hall–Kier alpha value is -2.52. The topological polar surface area (TPSA) is 95.0 Å². The zero-order chi connectivity index (χ0) is 20.6. The summed E-state index contributed by atoms with van der Waals surface area (Å²) in [5.74, 6) is -2.81. The van der Waals surface area contributed by atoms with Crippen molar-refractivity contribution in [1.29, 1.82) is 0 Å². The first kappa shape index (κ1) is 20.2. The van der Waals surface area contributed by atoms with Crippen molar-refractivity contribution < 1.29 is 24.3 Å². The van der Waals surface area contributed by atoms with Crippen LogP contribution >= 0.6 is 24.0 Å². The summed E-state index contributed by atoms with van der Waals surface area (Å²) in [6.45, 7) is 3.20. The Morgan fingerprint density at radius 2 is 1.89 bits per heavy atom. The van der Waals surface area contributed by atoms with E-state index in [1.807, 2.05) is 6.92 Å². The van der Waals surface area contributed by atoms with Crippen LogP contribution in [0.1, 0.15) is 38.7 Å². The zero-order valence-electron chi connectivity index (χ0n) is 15.3. The molecule has 1 N–H and O–H groups in total. The number of rotatable bonds is 5. The number of unbranched alkanes of at least 4 members (excludes halogenated alkanes) is 1. The van der Waals surface area contributed by atoms with Crippen molar-refractivity contribution in [1.82, 2.24) is 4.90 Å². The van der Waals surface area contributed by atoms with Gasteiger partial charge in [-0.2, -0.15) is 0 Å². The van der Waals surface area contributed by atoms with Gasteiger partial charge in [0, 0.05) is 12.5 Å². The number of anilines is 1. The van der Waals surface area contributed by atoms with Gasteiger partial charge < -0.3 is 5.11 Å². The molecule has 1 saturated heterocycles. The van der Waals surface area contributed by atoms with Crippen LogP contribution in [0, 0.1) is 0 Å². The molecular formula is C19H18N2O5S2. The van der Waals surface area contributed by atoms with E-state index in [9.17, 15) is 24.3 Å². The molecule has 3 rings (SSSR count). The summed E-state index contributed by atoms with van der Waals surface area (Å²) < 4.78 is 0.0996. The van der Waals surface area contributed by atoms with Crippen LogP contribution < -0.4 is 4.90 Å². The molecule has 0 saturated carbocycles. The Labute approximate surface area is 171 Å². The molecule has 1 aromatic carbocycles. The highest BCUT2D eigenvalue weighted by Crippen LogP contribution is 2.45. The van der Waals surface area contributed by atoms with Gasteiger partial charge in [-0.1, -0.05) is 61.9 Å². The number of carbonyl (C=O) groups excluding carboxylic acids is 3. The fourth-order valence-electron chi connectivity index (χ4n) is 3.31. The lowest BCUT2D eigenvalue weighted by molar-refractivity contribution is -0.145. The Morgan fingerprint density at radius 1 is 1.21 bits per heavy atom. The summed E-state index contributed by atoms with van der Waals surface area (Å²) in [5.41, 5.74) is 0.954. The van der Waals surface area contributed by atoms with Crippen LogP contribution in [0.2, 0.25) is 0 Å². The molecule has 0 spiro atoms. The third-order valence-corrected chi connectivity index (χ3v) is 6.00. The van der Waals surface area contributed by atoms with Crippen LogP contribution in [0.25, 0.3) is 5.57 Å². The Kier molecular flexibility index (Phi) is 5.66. The molecule has 0 unspecified atom stereocenters. The van der Waals surface area contributed by atoms with Crippen molar-refractivity contribution in [3.8, 4) is 0 Å². The number of carboxylic acid groups (broad SMARTS) is 1. The molecule has 0 aliphatic carbocycles. The maximum absolute atomic E-state index is 13.1. The van der Waals surface area contributed by atoms with E-state index in [1.165, 1.54) is 6.92 Å². The van der Waals surface area contributed by atoms with Crippen molar-refractivity contribution in [2.24, 2.45) is 0 Å². The van der Waals surface area contributed by atoms with E-state index in [0.717, 1.165) is 28.0 Å². The van der Waals surface area contributed by atoms with Gasteiger partial charge in [0.25, 0.3) is 11.8 Å². The summed E-state index contributed by atoms with van der Waals surface area (Å²) in [5, 5.41) is 9.57. The molecule has 9 heteroatoms.